The molecule has 0 atom stereocenters. The van der Waals surface area contributed by atoms with Gasteiger partial charge in [0.05, 0.1) is 13.1 Å². The van der Waals surface area contributed by atoms with Gasteiger partial charge >= 0.3 is 0 Å². The number of hydrogen-bond donors (Lipinski definition) is 2. The molecule has 3 N–H and O–H groups in total. The molecule has 1 amide bonds. The lowest BCUT2D eigenvalue weighted by molar-refractivity contribution is -0.122. The minimum absolute atomic E-state index is 0.0675. The zero-order valence-corrected chi connectivity index (χ0v) is 12.5. The third-order valence-corrected chi connectivity index (χ3v) is 3.84. The van der Waals surface area contributed by atoms with E-state index in [2.05, 4.69) is 10.2 Å². The van der Waals surface area contributed by atoms with Crippen molar-refractivity contribution in [2.24, 2.45) is 11.7 Å². The molecular formula is C16H25N3O2. The molecule has 0 aliphatic carbocycles. The van der Waals surface area contributed by atoms with Crippen LogP contribution in [-0.2, 0) is 4.79 Å². The van der Waals surface area contributed by atoms with Crippen LogP contribution >= 0.6 is 0 Å². The fourth-order valence-electron chi connectivity index (χ4n) is 2.52. The van der Waals surface area contributed by atoms with E-state index in [1.165, 1.54) is 0 Å². The highest BCUT2D eigenvalue weighted by atomic mass is 16.5. The topological polar surface area (TPSA) is 67.6 Å². The standard InChI is InChI=1S/C16H25N3O2/c17-12-14-6-9-19(10-7-14)13-16(20)18-8-11-21-15-4-2-1-3-5-15/h1-5,14H,6-13,17H2,(H,18,20). The number of likely N-dealkylation sites (tertiary alicyclic amines) is 1. The maximum absolute atomic E-state index is 11.8. The van der Waals surface area contributed by atoms with Crippen molar-refractivity contribution < 1.29 is 9.53 Å². The predicted molar refractivity (Wildman–Crippen MR) is 83.2 cm³/mol. The summed E-state index contributed by atoms with van der Waals surface area (Å²) in [5, 5.41) is 2.90. The van der Waals surface area contributed by atoms with Crippen molar-refractivity contribution in [1.82, 2.24) is 10.2 Å². The smallest absolute Gasteiger partial charge is 0.234 e. The summed E-state index contributed by atoms with van der Waals surface area (Å²) in [6, 6.07) is 9.62. The zero-order chi connectivity index (χ0) is 14.9. The van der Waals surface area contributed by atoms with Crippen molar-refractivity contribution in [2.45, 2.75) is 12.8 Å². The quantitative estimate of drug-likeness (QED) is 0.731. The Morgan fingerprint density at radius 3 is 2.67 bits per heavy atom. The molecule has 1 fully saturated rings. The molecule has 0 radical (unpaired) electrons. The van der Waals surface area contributed by atoms with Crippen LogP contribution < -0.4 is 15.8 Å². The van der Waals surface area contributed by atoms with Crippen molar-refractivity contribution in [3.8, 4) is 5.75 Å². The Kier molecular flexibility index (Phi) is 6.50. The van der Waals surface area contributed by atoms with Gasteiger partial charge in [0.1, 0.15) is 12.4 Å². The second-order valence-corrected chi connectivity index (χ2v) is 5.47. The molecule has 1 heterocycles. The lowest BCUT2D eigenvalue weighted by Crippen LogP contribution is -2.43. The van der Waals surface area contributed by atoms with Gasteiger partial charge in [-0.15, -0.1) is 0 Å². The predicted octanol–water partition coefficient (Wildman–Crippen LogP) is 0.852. The first-order valence-electron chi connectivity index (χ1n) is 7.65. The molecule has 0 spiro atoms. The summed E-state index contributed by atoms with van der Waals surface area (Å²) in [4.78, 5) is 14.0. The number of carbonyl (C=O) groups is 1. The maximum Gasteiger partial charge on any atom is 0.234 e. The Labute approximate surface area is 126 Å². The zero-order valence-electron chi connectivity index (χ0n) is 12.5. The van der Waals surface area contributed by atoms with Gasteiger partial charge in [0.2, 0.25) is 5.91 Å². The molecule has 2 rings (SSSR count). The summed E-state index contributed by atoms with van der Waals surface area (Å²) in [5.41, 5.74) is 5.67. The normalized spacial score (nSPS) is 16.6. The van der Waals surface area contributed by atoms with Crippen molar-refractivity contribution >= 4 is 5.91 Å². The molecule has 1 aliphatic rings. The van der Waals surface area contributed by atoms with Crippen LogP contribution in [0.3, 0.4) is 0 Å². The monoisotopic (exact) mass is 291 g/mol. The molecule has 1 aromatic carbocycles. The Bertz CT molecular complexity index is 417. The first kappa shape index (κ1) is 15.8. The van der Waals surface area contributed by atoms with E-state index in [1.807, 2.05) is 30.3 Å². The molecule has 0 bridgehead atoms. The molecule has 116 valence electrons. The molecule has 0 aromatic heterocycles. The van der Waals surface area contributed by atoms with E-state index in [0.29, 0.717) is 25.6 Å². The number of hydrogen-bond acceptors (Lipinski definition) is 4. The van der Waals surface area contributed by atoms with Gasteiger partial charge in [0, 0.05) is 0 Å². The molecule has 5 heteroatoms. The van der Waals surface area contributed by atoms with E-state index >= 15 is 0 Å². The molecule has 5 nitrogen and oxygen atoms in total. The number of nitrogens with zero attached hydrogens (tertiary/aromatic N) is 1. The van der Waals surface area contributed by atoms with E-state index in [9.17, 15) is 4.79 Å². The molecule has 1 aromatic rings. The number of carbonyl (C=O) groups excluding carboxylic acids is 1. The first-order chi connectivity index (χ1) is 10.3. The van der Waals surface area contributed by atoms with E-state index in [4.69, 9.17) is 10.5 Å². The first-order valence-corrected chi connectivity index (χ1v) is 7.65. The van der Waals surface area contributed by atoms with Crippen molar-refractivity contribution in [3.05, 3.63) is 30.3 Å². The summed E-state index contributed by atoms with van der Waals surface area (Å²) >= 11 is 0. The van der Waals surface area contributed by atoms with Crippen LogP contribution in [0.4, 0.5) is 0 Å². The number of nitrogens with one attached hydrogen (secondary N) is 1. The number of piperidine rings is 1. The van der Waals surface area contributed by atoms with E-state index in [-0.39, 0.29) is 5.91 Å². The van der Waals surface area contributed by atoms with Gasteiger partial charge in [-0.3, -0.25) is 9.69 Å². The minimum atomic E-state index is 0.0675. The Balaban J connectivity index is 1.56. The molecule has 21 heavy (non-hydrogen) atoms. The minimum Gasteiger partial charge on any atom is -0.492 e. The summed E-state index contributed by atoms with van der Waals surface area (Å²) in [5.74, 6) is 1.53. The van der Waals surface area contributed by atoms with Gasteiger partial charge in [-0.2, -0.15) is 0 Å². The second-order valence-electron chi connectivity index (χ2n) is 5.47. The third kappa shape index (κ3) is 5.73. The van der Waals surface area contributed by atoms with Crippen molar-refractivity contribution in [3.63, 3.8) is 0 Å². The van der Waals surface area contributed by atoms with E-state index < -0.39 is 0 Å². The van der Waals surface area contributed by atoms with Crippen LogP contribution in [0.5, 0.6) is 5.75 Å². The fraction of sp³-hybridized carbons (Fsp3) is 0.562. The number of benzene rings is 1. The van der Waals surface area contributed by atoms with Gasteiger partial charge in [0.15, 0.2) is 0 Å². The highest BCUT2D eigenvalue weighted by molar-refractivity contribution is 5.77. The van der Waals surface area contributed by atoms with E-state index in [1.54, 1.807) is 0 Å². The number of ether oxygens (including phenoxy) is 1. The van der Waals surface area contributed by atoms with Crippen LogP contribution in [0.2, 0.25) is 0 Å². The largest absolute Gasteiger partial charge is 0.492 e. The van der Waals surface area contributed by atoms with Crippen LogP contribution in [0.15, 0.2) is 30.3 Å². The molecule has 0 unspecified atom stereocenters. The highest BCUT2D eigenvalue weighted by Gasteiger charge is 2.19. The lowest BCUT2D eigenvalue weighted by atomic mass is 9.97. The van der Waals surface area contributed by atoms with Crippen molar-refractivity contribution in [1.29, 1.82) is 0 Å². The highest BCUT2D eigenvalue weighted by Crippen LogP contribution is 2.15. The Morgan fingerprint density at radius 2 is 2.00 bits per heavy atom. The third-order valence-electron chi connectivity index (χ3n) is 3.84. The molecule has 0 saturated carbocycles. The Morgan fingerprint density at radius 1 is 1.29 bits per heavy atom. The van der Waals surface area contributed by atoms with Crippen LogP contribution in [0.25, 0.3) is 0 Å². The number of amides is 1. The summed E-state index contributed by atoms with van der Waals surface area (Å²) in [7, 11) is 0. The Hall–Kier alpha value is -1.59. The van der Waals surface area contributed by atoms with Crippen LogP contribution in [0.1, 0.15) is 12.8 Å². The summed E-state index contributed by atoms with van der Waals surface area (Å²) < 4.78 is 5.53. The number of para-hydroxylation sites is 1. The molecular weight excluding hydrogens is 266 g/mol. The number of rotatable bonds is 7. The number of nitrogens with two attached hydrogens (primary N) is 1. The average Bonchev–Trinajstić information content (AvgIpc) is 2.53. The molecule has 1 saturated heterocycles. The van der Waals surface area contributed by atoms with Gasteiger partial charge in [-0.1, -0.05) is 18.2 Å². The second kappa shape index (κ2) is 8.64. The van der Waals surface area contributed by atoms with Gasteiger partial charge in [0.25, 0.3) is 0 Å². The van der Waals surface area contributed by atoms with Crippen LogP contribution in [0, 0.1) is 5.92 Å². The lowest BCUT2D eigenvalue weighted by Gasteiger charge is -2.30. The van der Waals surface area contributed by atoms with Gasteiger partial charge < -0.3 is 15.8 Å². The SMILES string of the molecule is NCC1CCN(CC(=O)NCCOc2ccccc2)CC1. The molecule has 1 aliphatic heterocycles. The van der Waals surface area contributed by atoms with Gasteiger partial charge in [-0.25, -0.2) is 0 Å². The van der Waals surface area contributed by atoms with Crippen molar-refractivity contribution in [2.75, 3.05) is 39.3 Å². The summed E-state index contributed by atoms with van der Waals surface area (Å²) in [6.07, 6.45) is 2.20. The average molecular weight is 291 g/mol. The van der Waals surface area contributed by atoms with E-state index in [0.717, 1.165) is 38.2 Å². The fourth-order valence-corrected chi connectivity index (χ4v) is 2.52. The van der Waals surface area contributed by atoms with Gasteiger partial charge in [-0.05, 0) is 50.5 Å². The summed E-state index contributed by atoms with van der Waals surface area (Å²) in [6.45, 7) is 4.20. The van der Waals surface area contributed by atoms with Crippen LogP contribution in [-0.4, -0.2) is 50.1 Å². The maximum atomic E-state index is 11.8.